The molecule has 1 aromatic rings. The summed E-state index contributed by atoms with van der Waals surface area (Å²) in [6, 6.07) is 6.97. The van der Waals surface area contributed by atoms with Gasteiger partial charge in [0.25, 0.3) is 0 Å². The fourth-order valence-electron chi connectivity index (χ4n) is 2.43. The highest BCUT2D eigenvalue weighted by Gasteiger charge is 2.22. The van der Waals surface area contributed by atoms with Crippen LogP contribution in [0.15, 0.2) is 24.3 Å². The molecule has 2 N–H and O–H groups in total. The van der Waals surface area contributed by atoms with E-state index in [4.69, 9.17) is 5.73 Å². The van der Waals surface area contributed by atoms with Crippen LogP contribution >= 0.6 is 0 Å². The predicted octanol–water partition coefficient (Wildman–Crippen LogP) is 1.68. The second kappa shape index (κ2) is 5.24. The van der Waals surface area contributed by atoms with Gasteiger partial charge in [0.1, 0.15) is 5.82 Å². The summed E-state index contributed by atoms with van der Waals surface area (Å²) in [5.41, 5.74) is 6.57. The molecule has 2 rings (SSSR count). The zero-order valence-corrected chi connectivity index (χ0v) is 11.2. The zero-order chi connectivity index (χ0) is 13.2. The van der Waals surface area contributed by atoms with E-state index < -0.39 is 0 Å². The largest absolute Gasteiger partial charge is 0.367 e. The summed E-state index contributed by atoms with van der Waals surface area (Å²) in [5.74, 6) is -0.134. The van der Waals surface area contributed by atoms with E-state index in [-0.39, 0.29) is 11.4 Å². The first kappa shape index (κ1) is 13.3. The van der Waals surface area contributed by atoms with Gasteiger partial charge in [0, 0.05) is 38.3 Å². The SMILES string of the molecule is CC(C)(N)CN1CCN(c2ccccc2F)CC1. The molecule has 1 saturated heterocycles. The van der Waals surface area contributed by atoms with Crippen LogP contribution in [0.1, 0.15) is 13.8 Å². The minimum Gasteiger partial charge on any atom is -0.367 e. The first-order valence-corrected chi connectivity index (χ1v) is 6.46. The van der Waals surface area contributed by atoms with Gasteiger partial charge >= 0.3 is 0 Å². The van der Waals surface area contributed by atoms with Gasteiger partial charge in [-0.2, -0.15) is 0 Å². The standard InChI is InChI=1S/C14H22FN3/c1-14(2,16)11-17-7-9-18(10-8-17)13-6-4-3-5-12(13)15/h3-6H,7-11,16H2,1-2H3. The fourth-order valence-corrected chi connectivity index (χ4v) is 2.43. The van der Waals surface area contributed by atoms with Crippen LogP contribution in [0.2, 0.25) is 0 Å². The normalized spacial score (nSPS) is 18.1. The zero-order valence-electron chi connectivity index (χ0n) is 11.2. The molecule has 0 amide bonds. The number of rotatable bonds is 3. The topological polar surface area (TPSA) is 32.5 Å². The molecular formula is C14H22FN3. The number of nitrogens with zero attached hydrogens (tertiary/aromatic N) is 2. The second-order valence-electron chi connectivity index (χ2n) is 5.70. The number of anilines is 1. The first-order chi connectivity index (χ1) is 8.46. The number of piperazine rings is 1. The Kier molecular flexibility index (Phi) is 3.88. The monoisotopic (exact) mass is 251 g/mol. The molecule has 3 nitrogen and oxygen atoms in total. The molecule has 1 aromatic carbocycles. The van der Waals surface area contributed by atoms with E-state index in [2.05, 4.69) is 9.80 Å². The summed E-state index contributed by atoms with van der Waals surface area (Å²) >= 11 is 0. The van der Waals surface area contributed by atoms with Crippen molar-refractivity contribution < 1.29 is 4.39 Å². The van der Waals surface area contributed by atoms with Crippen LogP contribution in [0.4, 0.5) is 10.1 Å². The molecule has 18 heavy (non-hydrogen) atoms. The Labute approximate surface area is 108 Å². The second-order valence-corrected chi connectivity index (χ2v) is 5.70. The third-order valence-electron chi connectivity index (χ3n) is 3.20. The lowest BCUT2D eigenvalue weighted by Crippen LogP contribution is -2.53. The van der Waals surface area contributed by atoms with E-state index in [0.717, 1.165) is 32.7 Å². The fraction of sp³-hybridized carbons (Fsp3) is 0.571. The molecule has 0 atom stereocenters. The van der Waals surface area contributed by atoms with Crippen LogP contribution in [0.3, 0.4) is 0 Å². The lowest BCUT2D eigenvalue weighted by atomic mass is 10.1. The Morgan fingerprint density at radius 2 is 1.78 bits per heavy atom. The average Bonchev–Trinajstić information content (AvgIpc) is 2.29. The lowest BCUT2D eigenvalue weighted by Gasteiger charge is -2.38. The van der Waals surface area contributed by atoms with Gasteiger partial charge in [0.05, 0.1) is 5.69 Å². The van der Waals surface area contributed by atoms with Gasteiger partial charge in [-0.15, -0.1) is 0 Å². The van der Waals surface area contributed by atoms with Crippen molar-refractivity contribution in [3.63, 3.8) is 0 Å². The summed E-state index contributed by atoms with van der Waals surface area (Å²) in [6.45, 7) is 8.56. The quantitative estimate of drug-likeness (QED) is 0.887. The summed E-state index contributed by atoms with van der Waals surface area (Å²) < 4.78 is 13.7. The molecule has 0 aliphatic carbocycles. The van der Waals surface area contributed by atoms with Crippen LogP contribution in [-0.4, -0.2) is 43.2 Å². The van der Waals surface area contributed by atoms with Crippen molar-refractivity contribution in [1.29, 1.82) is 0 Å². The molecule has 0 unspecified atom stereocenters. The first-order valence-electron chi connectivity index (χ1n) is 6.46. The average molecular weight is 251 g/mol. The van der Waals surface area contributed by atoms with Crippen molar-refractivity contribution >= 4 is 5.69 Å². The maximum absolute atomic E-state index is 13.7. The van der Waals surface area contributed by atoms with E-state index in [0.29, 0.717) is 5.69 Å². The molecule has 100 valence electrons. The highest BCUT2D eigenvalue weighted by Crippen LogP contribution is 2.20. The minimum absolute atomic E-state index is 0.134. The van der Waals surface area contributed by atoms with Crippen molar-refractivity contribution in [2.45, 2.75) is 19.4 Å². The molecule has 0 spiro atoms. The van der Waals surface area contributed by atoms with Crippen molar-refractivity contribution in [3.8, 4) is 0 Å². The maximum Gasteiger partial charge on any atom is 0.146 e. The van der Waals surface area contributed by atoms with Crippen LogP contribution in [0.25, 0.3) is 0 Å². The van der Waals surface area contributed by atoms with Crippen molar-refractivity contribution in [1.82, 2.24) is 4.90 Å². The van der Waals surface area contributed by atoms with E-state index in [1.54, 1.807) is 6.07 Å². The number of para-hydroxylation sites is 1. The van der Waals surface area contributed by atoms with E-state index >= 15 is 0 Å². The highest BCUT2D eigenvalue weighted by atomic mass is 19.1. The predicted molar refractivity (Wildman–Crippen MR) is 73.3 cm³/mol. The lowest BCUT2D eigenvalue weighted by molar-refractivity contribution is 0.214. The van der Waals surface area contributed by atoms with Gasteiger partial charge in [-0.05, 0) is 26.0 Å². The Balaban J connectivity index is 1.93. The molecule has 0 saturated carbocycles. The molecule has 1 aliphatic heterocycles. The molecule has 1 aliphatic rings. The number of nitrogens with two attached hydrogens (primary N) is 1. The van der Waals surface area contributed by atoms with Gasteiger partial charge in [-0.1, -0.05) is 12.1 Å². The van der Waals surface area contributed by atoms with Crippen LogP contribution in [-0.2, 0) is 0 Å². The van der Waals surface area contributed by atoms with Gasteiger partial charge in [0.15, 0.2) is 0 Å². The number of benzene rings is 1. The summed E-state index contributed by atoms with van der Waals surface area (Å²) in [4.78, 5) is 4.45. The maximum atomic E-state index is 13.7. The van der Waals surface area contributed by atoms with E-state index in [1.165, 1.54) is 6.07 Å². The molecule has 0 bridgehead atoms. The molecular weight excluding hydrogens is 229 g/mol. The number of hydrogen-bond donors (Lipinski definition) is 1. The van der Waals surface area contributed by atoms with Crippen LogP contribution in [0, 0.1) is 5.82 Å². The highest BCUT2D eigenvalue weighted by molar-refractivity contribution is 5.47. The Bertz CT molecular complexity index is 392. The molecule has 1 heterocycles. The summed E-state index contributed by atoms with van der Waals surface area (Å²) in [7, 11) is 0. The van der Waals surface area contributed by atoms with Crippen molar-refractivity contribution in [3.05, 3.63) is 30.1 Å². The third-order valence-corrected chi connectivity index (χ3v) is 3.20. The summed E-state index contributed by atoms with van der Waals surface area (Å²) in [5, 5.41) is 0. The third kappa shape index (κ3) is 3.43. The molecule has 1 fully saturated rings. The Morgan fingerprint density at radius 3 is 2.33 bits per heavy atom. The summed E-state index contributed by atoms with van der Waals surface area (Å²) in [6.07, 6.45) is 0. The van der Waals surface area contributed by atoms with Crippen LogP contribution < -0.4 is 10.6 Å². The van der Waals surface area contributed by atoms with E-state index in [9.17, 15) is 4.39 Å². The Morgan fingerprint density at radius 1 is 1.17 bits per heavy atom. The van der Waals surface area contributed by atoms with Crippen molar-refractivity contribution in [2.75, 3.05) is 37.6 Å². The van der Waals surface area contributed by atoms with Gasteiger partial charge < -0.3 is 10.6 Å². The minimum atomic E-state index is -0.167. The van der Waals surface area contributed by atoms with Gasteiger partial charge in [-0.25, -0.2) is 4.39 Å². The van der Waals surface area contributed by atoms with Gasteiger partial charge in [0.2, 0.25) is 0 Å². The smallest absolute Gasteiger partial charge is 0.146 e. The molecule has 0 aromatic heterocycles. The van der Waals surface area contributed by atoms with Crippen molar-refractivity contribution in [2.24, 2.45) is 5.73 Å². The number of halogens is 1. The molecule has 0 radical (unpaired) electrons. The van der Waals surface area contributed by atoms with Gasteiger partial charge in [-0.3, -0.25) is 4.90 Å². The van der Waals surface area contributed by atoms with E-state index in [1.807, 2.05) is 26.0 Å². The van der Waals surface area contributed by atoms with Crippen LogP contribution in [0.5, 0.6) is 0 Å². The molecule has 4 heteroatoms. The number of hydrogen-bond acceptors (Lipinski definition) is 3. The Hall–Kier alpha value is -1.13.